The average molecular weight is 374 g/mol. The zero-order valence-electron chi connectivity index (χ0n) is 17.7. The van der Waals surface area contributed by atoms with E-state index >= 15 is 0 Å². The van der Waals surface area contributed by atoms with Gasteiger partial charge in [-0.2, -0.15) is 0 Å². The van der Waals surface area contributed by atoms with Gasteiger partial charge in [0.05, 0.1) is 19.8 Å². The molecule has 0 aromatic rings. The molecule has 0 rings (SSSR count). The van der Waals surface area contributed by atoms with E-state index in [0.717, 1.165) is 25.7 Å². The summed E-state index contributed by atoms with van der Waals surface area (Å²) in [5, 5.41) is 29.2. The van der Waals surface area contributed by atoms with E-state index in [1.807, 2.05) is 0 Å². The Labute approximate surface area is 163 Å². The highest BCUT2D eigenvalue weighted by atomic mass is 16.3. The van der Waals surface area contributed by atoms with Crippen LogP contribution in [0.15, 0.2) is 0 Å². The molecule has 0 aromatic carbocycles. The minimum absolute atomic E-state index is 0.0781. The van der Waals surface area contributed by atoms with Gasteiger partial charge in [-0.25, -0.2) is 0 Å². The van der Waals surface area contributed by atoms with E-state index in [9.17, 15) is 15.3 Å². The van der Waals surface area contributed by atoms with Crippen LogP contribution >= 0.6 is 0 Å². The highest BCUT2D eigenvalue weighted by Crippen LogP contribution is 2.29. The number of hydrogen-bond donors (Lipinski definition) is 3. The van der Waals surface area contributed by atoms with Crippen molar-refractivity contribution in [2.75, 3.05) is 32.9 Å². The number of aliphatic hydroxyl groups excluding tert-OH is 3. The molecule has 4 nitrogen and oxygen atoms in total. The normalized spacial score (nSPS) is 12.2. The second-order valence-electron chi connectivity index (χ2n) is 7.85. The molecule has 0 radical (unpaired) electrons. The lowest BCUT2D eigenvalue weighted by Gasteiger charge is -2.43. The van der Waals surface area contributed by atoms with Gasteiger partial charge in [0.1, 0.15) is 0 Å². The predicted octanol–water partition coefficient (Wildman–Crippen LogP) is 4.51. The molecule has 26 heavy (non-hydrogen) atoms. The molecule has 0 spiro atoms. The molecule has 158 valence electrons. The molecule has 0 aromatic heterocycles. The number of unbranched alkanes of at least 4 members (excludes halogenated alkanes) is 10. The van der Waals surface area contributed by atoms with Gasteiger partial charge in [0.15, 0.2) is 0 Å². The van der Waals surface area contributed by atoms with Crippen molar-refractivity contribution in [3.05, 3.63) is 0 Å². The van der Waals surface area contributed by atoms with Crippen LogP contribution < -0.4 is 0 Å². The van der Waals surface area contributed by atoms with E-state index in [1.54, 1.807) is 0 Å². The van der Waals surface area contributed by atoms with Crippen LogP contribution in [0.4, 0.5) is 0 Å². The third-order valence-electron chi connectivity index (χ3n) is 5.70. The fourth-order valence-corrected chi connectivity index (χ4v) is 4.00. The largest absolute Gasteiger partial charge is 0.395 e. The Hall–Kier alpha value is -0.160. The molecule has 4 heteroatoms. The monoisotopic (exact) mass is 373 g/mol. The summed E-state index contributed by atoms with van der Waals surface area (Å²) in [6.45, 7) is 5.82. The summed E-state index contributed by atoms with van der Waals surface area (Å²) >= 11 is 0. The van der Waals surface area contributed by atoms with E-state index in [4.69, 9.17) is 0 Å². The van der Waals surface area contributed by atoms with Gasteiger partial charge in [0.25, 0.3) is 0 Å². The van der Waals surface area contributed by atoms with E-state index in [0.29, 0.717) is 13.1 Å². The van der Waals surface area contributed by atoms with Crippen molar-refractivity contribution in [1.29, 1.82) is 0 Å². The molecule has 0 saturated carbocycles. The predicted molar refractivity (Wildman–Crippen MR) is 112 cm³/mol. The molecule has 3 N–H and O–H groups in total. The first-order valence-electron chi connectivity index (χ1n) is 11.3. The first-order chi connectivity index (χ1) is 12.7. The highest BCUT2D eigenvalue weighted by molar-refractivity contribution is 4.90. The van der Waals surface area contributed by atoms with E-state index < -0.39 is 0 Å². The number of rotatable bonds is 20. The smallest absolute Gasteiger partial charge is 0.0615 e. The van der Waals surface area contributed by atoms with Crippen LogP contribution in [0.3, 0.4) is 0 Å². The van der Waals surface area contributed by atoms with Gasteiger partial charge in [0, 0.05) is 18.6 Å². The fraction of sp³-hybridized carbons (Fsp3) is 1.00. The highest BCUT2D eigenvalue weighted by Gasteiger charge is 2.34. The van der Waals surface area contributed by atoms with Crippen LogP contribution in [0.2, 0.25) is 0 Å². The molecule has 0 bridgehead atoms. The molecule has 0 amide bonds. The second kappa shape index (κ2) is 18.2. The number of nitrogens with zero attached hydrogens (tertiary/aromatic N) is 1. The van der Waals surface area contributed by atoms with Gasteiger partial charge < -0.3 is 15.3 Å². The number of aliphatic hydroxyl groups is 3. The first-order valence-corrected chi connectivity index (χ1v) is 11.3. The summed E-state index contributed by atoms with van der Waals surface area (Å²) in [5.41, 5.74) is -0.277. The average Bonchev–Trinajstić information content (AvgIpc) is 2.65. The molecule has 0 aliphatic heterocycles. The lowest BCUT2D eigenvalue weighted by atomic mass is 9.84. The zero-order valence-corrected chi connectivity index (χ0v) is 17.7. The maximum absolute atomic E-state index is 10.3. The zero-order chi connectivity index (χ0) is 19.5. The SMILES string of the molecule is CCCCCCCCC(CO)(CCCCCCCC)N(CCO)CCO. The standard InChI is InChI=1S/C22H47NO3/c1-3-5-7-9-11-13-15-22(21-26,23(17-19-24)18-20-25)16-14-12-10-8-6-4-2/h24-26H,3-21H2,1-2H3. The van der Waals surface area contributed by atoms with Crippen LogP contribution in [0.25, 0.3) is 0 Å². The van der Waals surface area contributed by atoms with Gasteiger partial charge in [-0.05, 0) is 12.8 Å². The summed E-state index contributed by atoms with van der Waals surface area (Å²) in [7, 11) is 0. The fourth-order valence-electron chi connectivity index (χ4n) is 4.00. The molecule has 0 aliphatic carbocycles. The van der Waals surface area contributed by atoms with Crippen LogP contribution in [-0.2, 0) is 0 Å². The quantitative estimate of drug-likeness (QED) is 0.275. The molecular weight excluding hydrogens is 326 g/mol. The molecule has 0 aliphatic rings. The Morgan fingerprint density at radius 2 is 0.962 bits per heavy atom. The Kier molecular flexibility index (Phi) is 18.1. The molecular formula is C22H47NO3. The van der Waals surface area contributed by atoms with Gasteiger partial charge in [-0.15, -0.1) is 0 Å². The van der Waals surface area contributed by atoms with Crippen molar-refractivity contribution >= 4 is 0 Å². The minimum atomic E-state index is -0.277. The van der Waals surface area contributed by atoms with Gasteiger partial charge in [0.2, 0.25) is 0 Å². The summed E-state index contributed by atoms with van der Waals surface area (Å²) in [6.07, 6.45) is 16.9. The van der Waals surface area contributed by atoms with Gasteiger partial charge >= 0.3 is 0 Å². The van der Waals surface area contributed by atoms with E-state index in [1.165, 1.54) is 64.2 Å². The maximum Gasteiger partial charge on any atom is 0.0615 e. The third-order valence-corrected chi connectivity index (χ3v) is 5.70. The summed E-state index contributed by atoms with van der Waals surface area (Å²) in [4.78, 5) is 2.14. The lowest BCUT2D eigenvalue weighted by Crippen LogP contribution is -2.53. The Bertz CT molecular complexity index is 265. The van der Waals surface area contributed by atoms with E-state index in [-0.39, 0.29) is 25.4 Å². The van der Waals surface area contributed by atoms with Crippen LogP contribution in [0, 0.1) is 0 Å². The summed E-state index contributed by atoms with van der Waals surface area (Å²) in [6, 6.07) is 0. The third kappa shape index (κ3) is 11.5. The molecule has 0 saturated heterocycles. The minimum Gasteiger partial charge on any atom is -0.395 e. The first kappa shape index (κ1) is 25.8. The number of β-amino-alcohol motifs (C(OH)–C–C–N with tert-alkyl or cyclic N) is 2. The van der Waals surface area contributed by atoms with Crippen molar-refractivity contribution in [2.45, 2.75) is 109 Å². The molecule has 0 heterocycles. The molecule has 0 fully saturated rings. The van der Waals surface area contributed by atoms with Crippen LogP contribution in [-0.4, -0.2) is 58.7 Å². The van der Waals surface area contributed by atoms with Crippen molar-refractivity contribution < 1.29 is 15.3 Å². The number of hydrogen-bond acceptors (Lipinski definition) is 4. The van der Waals surface area contributed by atoms with Crippen LogP contribution in [0.1, 0.15) is 104 Å². The van der Waals surface area contributed by atoms with Crippen LogP contribution in [0.5, 0.6) is 0 Å². The van der Waals surface area contributed by atoms with E-state index in [2.05, 4.69) is 18.7 Å². The topological polar surface area (TPSA) is 63.9 Å². The molecule has 0 atom stereocenters. The van der Waals surface area contributed by atoms with Gasteiger partial charge in [-0.3, -0.25) is 4.90 Å². The second-order valence-corrected chi connectivity index (χ2v) is 7.85. The van der Waals surface area contributed by atoms with Crippen molar-refractivity contribution in [3.63, 3.8) is 0 Å². The Balaban J connectivity index is 4.63. The van der Waals surface area contributed by atoms with Crippen molar-refractivity contribution in [2.24, 2.45) is 0 Å². The van der Waals surface area contributed by atoms with Gasteiger partial charge in [-0.1, -0.05) is 90.9 Å². The summed E-state index contributed by atoms with van der Waals surface area (Å²) in [5.74, 6) is 0. The summed E-state index contributed by atoms with van der Waals surface area (Å²) < 4.78 is 0. The van der Waals surface area contributed by atoms with Crippen molar-refractivity contribution in [3.8, 4) is 0 Å². The Morgan fingerprint density at radius 1 is 0.577 bits per heavy atom. The lowest BCUT2D eigenvalue weighted by molar-refractivity contribution is -0.00724. The molecule has 0 unspecified atom stereocenters. The maximum atomic E-state index is 10.3. The Morgan fingerprint density at radius 3 is 1.31 bits per heavy atom. The van der Waals surface area contributed by atoms with Crippen molar-refractivity contribution in [1.82, 2.24) is 4.90 Å².